The average Bonchev–Trinajstić information content (AvgIpc) is 3.01. The standard InChI is InChI=1S/C14H20F3N5O2S/c1-9(8-22-10(2)5-13(20-22)14(15,16)17)6-19-25(23,24)12-7-18-21(4)11(12)3/h5,7,9,19H,6,8H2,1-4H3/t9-/m0/s1. The Morgan fingerprint density at radius 1 is 1.32 bits per heavy atom. The van der Waals surface area contributed by atoms with Crippen LogP contribution < -0.4 is 4.72 Å². The molecule has 25 heavy (non-hydrogen) atoms. The van der Waals surface area contributed by atoms with E-state index in [1.54, 1.807) is 20.9 Å². The first-order chi connectivity index (χ1) is 11.4. The Morgan fingerprint density at radius 3 is 2.44 bits per heavy atom. The molecule has 7 nitrogen and oxygen atoms in total. The van der Waals surface area contributed by atoms with E-state index in [-0.39, 0.29) is 23.9 Å². The van der Waals surface area contributed by atoms with Crippen molar-refractivity contribution in [1.29, 1.82) is 0 Å². The lowest BCUT2D eigenvalue weighted by Crippen LogP contribution is -2.30. The fourth-order valence-electron chi connectivity index (χ4n) is 2.27. The van der Waals surface area contributed by atoms with Crippen LogP contribution in [0.15, 0.2) is 17.2 Å². The number of halogens is 3. The number of nitrogens with zero attached hydrogens (tertiary/aromatic N) is 4. The summed E-state index contributed by atoms with van der Waals surface area (Å²) in [6.45, 7) is 5.12. The molecule has 0 aliphatic carbocycles. The predicted octanol–water partition coefficient (Wildman–Crippen LogP) is 1.87. The highest BCUT2D eigenvalue weighted by Gasteiger charge is 2.34. The highest BCUT2D eigenvalue weighted by molar-refractivity contribution is 7.89. The van der Waals surface area contributed by atoms with Gasteiger partial charge in [-0.1, -0.05) is 6.92 Å². The number of nitrogens with one attached hydrogen (secondary N) is 1. The number of aryl methyl sites for hydroxylation is 2. The van der Waals surface area contributed by atoms with Crippen LogP contribution in [0.1, 0.15) is 24.0 Å². The lowest BCUT2D eigenvalue weighted by molar-refractivity contribution is -0.141. The van der Waals surface area contributed by atoms with E-state index < -0.39 is 21.9 Å². The first-order valence-corrected chi connectivity index (χ1v) is 9.00. The molecule has 2 rings (SSSR count). The Morgan fingerprint density at radius 2 is 1.96 bits per heavy atom. The zero-order chi connectivity index (χ0) is 19.0. The minimum Gasteiger partial charge on any atom is -0.272 e. The molecule has 0 fully saturated rings. The summed E-state index contributed by atoms with van der Waals surface area (Å²) in [7, 11) is -2.09. The van der Waals surface area contributed by atoms with E-state index in [1.807, 2.05) is 0 Å². The molecule has 1 N–H and O–H groups in total. The SMILES string of the molecule is Cc1c(S(=O)(=O)NC[C@H](C)Cn2nc(C(F)(F)F)cc2C)cnn1C. The van der Waals surface area contributed by atoms with Crippen LogP contribution in [0, 0.1) is 19.8 Å². The number of hydrogen-bond donors (Lipinski definition) is 1. The molecule has 0 radical (unpaired) electrons. The smallest absolute Gasteiger partial charge is 0.272 e. The Bertz CT molecular complexity index is 854. The predicted molar refractivity (Wildman–Crippen MR) is 84.3 cm³/mol. The van der Waals surface area contributed by atoms with Crippen LogP contribution >= 0.6 is 0 Å². The van der Waals surface area contributed by atoms with Crippen molar-refractivity contribution in [1.82, 2.24) is 24.3 Å². The van der Waals surface area contributed by atoms with Crippen LogP contribution in [-0.2, 0) is 29.8 Å². The molecule has 0 amide bonds. The van der Waals surface area contributed by atoms with Crippen molar-refractivity contribution in [3.63, 3.8) is 0 Å². The first-order valence-electron chi connectivity index (χ1n) is 7.51. The van der Waals surface area contributed by atoms with Gasteiger partial charge in [0, 0.05) is 25.8 Å². The van der Waals surface area contributed by atoms with Gasteiger partial charge >= 0.3 is 6.18 Å². The second-order valence-corrected chi connectivity index (χ2v) is 7.76. The van der Waals surface area contributed by atoms with Crippen LogP contribution in [-0.4, -0.2) is 34.5 Å². The monoisotopic (exact) mass is 379 g/mol. The van der Waals surface area contributed by atoms with Gasteiger partial charge in [-0.05, 0) is 25.8 Å². The molecule has 0 saturated carbocycles. The molecular formula is C14H20F3N5O2S. The van der Waals surface area contributed by atoms with Crippen LogP contribution in [0.3, 0.4) is 0 Å². The molecule has 0 unspecified atom stereocenters. The van der Waals surface area contributed by atoms with Crippen molar-refractivity contribution in [2.24, 2.45) is 13.0 Å². The van der Waals surface area contributed by atoms with Gasteiger partial charge in [0.25, 0.3) is 0 Å². The third kappa shape index (κ3) is 4.40. The summed E-state index contributed by atoms with van der Waals surface area (Å²) in [4.78, 5) is 0.0804. The largest absolute Gasteiger partial charge is 0.435 e. The number of sulfonamides is 1. The molecule has 0 aliphatic heterocycles. The van der Waals surface area contributed by atoms with Gasteiger partial charge in [0.2, 0.25) is 10.0 Å². The minimum atomic E-state index is -4.50. The van der Waals surface area contributed by atoms with Crippen molar-refractivity contribution < 1.29 is 21.6 Å². The number of hydrogen-bond acceptors (Lipinski definition) is 4. The fraction of sp³-hybridized carbons (Fsp3) is 0.571. The number of alkyl halides is 3. The Hall–Kier alpha value is -1.88. The molecule has 2 heterocycles. The zero-order valence-electron chi connectivity index (χ0n) is 14.3. The summed E-state index contributed by atoms with van der Waals surface area (Å²) in [5.41, 5.74) is -0.0909. The van der Waals surface area contributed by atoms with Crippen LogP contribution in [0.4, 0.5) is 13.2 Å². The highest BCUT2D eigenvalue weighted by Crippen LogP contribution is 2.28. The third-order valence-electron chi connectivity index (χ3n) is 3.86. The molecule has 2 aromatic heterocycles. The lowest BCUT2D eigenvalue weighted by Gasteiger charge is -2.14. The van der Waals surface area contributed by atoms with Gasteiger partial charge in [0.15, 0.2) is 5.69 Å². The van der Waals surface area contributed by atoms with Gasteiger partial charge in [0.05, 0.1) is 11.9 Å². The summed E-state index contributed by atoms with van der Waals surface area (Å²) in [6, 6.07) is 0.968. The third-order valence-corrected chi connectivity index (χ3v) is 5.38. The second-order valence-electron chi connectivity index (χ2n) is 6.03. The van der Waals surface area contributed by atoms with Gasteiger partial charge in [-0.3, -0.25) is 9.36 Å². The first kappa shape index (κ1) is 19.4. The van der Waals surface area contributed by atoms with Crippen molar-refractivity contribution in [2.45, 2.75) is 38.4 Å². The summed E-state index contributed by atoms with van der Waals surface area (Å²) in [5.74, 6) is -0.258. The Labute approximate surface area is 143 Å². The number of aromatic nitrogens is 4. The molecule has 0 bridgehead atoms. The van der Waals surface area contributed by atoms with Gasteiger partial charge in [0.1, 0.15) is 4.90 Å². The maximum Gasteiger partial charge on any atom is 0.435 e. The van der Waals surface area contributed by atoms with Gasteiger partial charge in [-0.2, -0.15) is 23.4 Å². The molecular weight excluding hydrogens is 359 g/mol. The summed E-state index contributed by atoms with van der Waals surface area (Å²) in [5, 5.41) is 7.43. The molecule has 140 valence electrons. The van der Waals surface area contributed by atoms with Gasteiger partial charge < -0.3 is 0 Å². The van der Waals surface area contributed by atoms with E-state index in [2.05, 4.69) is 14.9 Å². The number of rotatable bonds is 6. The van der Waals surface area contributed by atoms with Crippen molar-refractivity contribution in [3.8, 4) is 0 Å². The fourth-order valence-corrected chi connectivity index (χ4v) is 3.63. The van der Waals surface area contributed by atoms with Crippen molar-refractivity contribution >= 4 is 10.0 Å². The van der Waals surface area contributed by atoms with Crippen LogP contribution in [0.5, 0.6) is 0 Å². The van der Waals surface area contributed by atoms with E-state index in [0.29, 0.717) is 11.4 Å². The Balaban J connectivity index is 2.03. The van der Waals surface area contributed by atoms with Crippen LogP contribution in [0.2, 0.25) is 0 Å². The molecule has 2 aromatic rings. The maximum atomic E-state index is 12.7. The van der Waals surface area contributed by atoms with Crippen molar-refractivity contribution in [3.05, 3.63) is 29.3 Å². The van der Waals surface area contributed by atoms with E-state index >= 15 is 0 Å². The maximum absolute atomic E-state index is 12.7. The van der Waals surface area contributed by atoms with Gasteiger partial charge in [-0.15, -0.1) is 0 Å². The summed E-state index contributed by atoms with van der Waals surface area (Å²) in [6.07, 6.45) is -3.24. The lowest BCUT2D eigenvalue weighted by atomic mass is 10.2. The average molecular weight is 379 g/mol. The topological polar surface area (TPSA) is 81.8 Å². The summed E-state index contributed by atoms with van der Waals surface area (Å²) < 4.78 is 67.7. The molecule has 11 heteroatoms. The van der Waals surface area contributed by atoms with Crippen LogP contribution in [0.25, 0.3) is 0 Å². The molecule has 0 aliphatic rings. The Kier molecular flexibility index (Phi) is 5.28. The second kappa shape index (κ2) is 6.79. The van der Waals surface area contributed by atoms with E-state index in [4.69, 9.17) is 0 Å². The zero-order valence-corrected chi connectivity index (χ0v) is 15.1. The normalized spacial score (nSPS) is 14.0. The minimum absolute atomic E-state index is 0.0668. The van der Waals surface area contributed by atoms with E-state index in [0.717, 1.165) is 6.07 Å². The molecule has 0 saturated heterocycles. The molecule has 1 atom stereocenters. The van der Waals surface area contributed by atoms with E-state index in [9.17, 15) is 21.6 Å². The summed E-state index contributed by atoms with van der Waals surface area (Å²) >= 11 is 0. The quantitative estimate of drug-likeness (QED) is 0.831. The van der Waals surface area contributed by atoms with Crippen molar-refractivity contribution in [2.75, 3.05) is 6.54 Å². The van der Waals surface area contributed by atoms with Gasteiger partial charge in [-0.25, -0.2) is 13.1 Å². The molecule has 0 aromatic carbocycles. The molecule has 0 spiro atoms. The highest BCUT2D eigenvalue weighted by atomic mass is 32.2. The van der Waals surface area contributed by atoms with E-state index in [1.165, 1.54) is 22.5 Å².